The highest BCUT2D eigenvalue weighted by Gasteiger charge is 2.21. The molecule has 1 N–H and O–H groups in total. The third-order valence-corrected chi connectivity index (χ3v) is 3.82. The van der Waals surface area contributed by atoms with Crippen LogP contribution in [0.15, 0.2) is 24.3 Å². The average molecular weight is 266 g/mol. The molecule has 0 aliphatic heterocycles. The minimum absolute atomic E-state index is 0.0922. The molecule has 0 aliphatic rings. The molecule has 0 amide bonds. The van der Waals surface area contributed by atoms with Crippen molar-refractivity contribution in [1.29, 1.82) is 0 Å². The largest absolute Gasteiger partial charge is 0.315 e. The van der Waals surface area contributed by atoms with E-state index in [0.717, 1.165) is 31.5 Å². The van der Waals surface area contributed by atoms with Crippen LogP contribution in [-0.2, 0) is 0 Å². The van der Waals surface area contributed by atoms with Gasteiger partial charge in [-0.05, 0) is 39.4 Å². The highest BCUT2D eigenvalue weighted by molar-refractivity contribution is 5.20. The van der Waals surface area contributed by atoms with Crippen molar-refractivity contribution in [3.63, 3.8) is 0 Å². The van der Waals surface area contributed by atoms with Gasteiger partial charge in [-0.2, -0.15) is 0 Å². The third-order valence-electron chi connectivity index (χ3n) is 3.82. The fourth-order valence-corrected chi connectivity index (χ4v) is 2.37. The molecule has 1 rings (SSSR count). The first kappa shape index (κ1) is 16.1. The number of likely N-dealkylation sites (N-methyl/N-ethyl adjacent to an activating group) is 1. The maximum atomic E-state index is 13.8. The van der Waals surface area contributed by atoms with Crippen LogP contribution >= 0.6 is 0 Å². The molecule has 0 aliphatic carbocycles. The van der Waals surface area contributed by atoms with Crippen LogP contribution < -0.4 is 5.32 Å². The Bertz CT molecular complexity index is 368. The number of hydrogen-bond donors (Lipinski definition) is 1. The highest BCUT2D eigenvalue weighted by atomic mass is 19.1. The fraction of sp³-hybridized carbons (Fsp3) is 0.625. The number of rotatable bonds is 8. The van der Waals surface area contributed by atoms with Crippen LogP contribution in [-0.4, -0.2) is 31.1 Å². The monoisotopic (exact) mass is 266 g/mol. The summed E-state index contributed by atoms with van der Waals surface area (Å²) < 4.78 is 13.8. The van der Waals surface area contributed by atoms with E-state index in [1.807, 2.05) is 12.1 Å². The first-order valence-electron chi connectivity index (χ1n) is 7.28. The maximum absolute atomic E-state index is 13.8. The van der Waals surface area contributed by atoms with Gasteiger partial charge >= 0.3 is 0 Å². The Morgan fingerprint density at radius 2 is 1.95 bits per heavy atom. The van der Waals surface area contributed by atoms with E-state index in [1.165, 1.54) is 6.07 Å². The van der Waals surface area contributed by atoms with E-state index >= 15 is 0 Å². The summed E-state index contributed by atoms with van der Waals surface area (Å²) in [6.07, 6.45) is 2.20. The van der Waals surface area contributed by atoms with Gasteiger partial charge in [0.25, 0.3) is 0 Å². The SMILES string of the molecule is CCCNCC(CC)N(C)C(C)c1ccccc1F. The summed E-state index contributed by atoms with van der Waals surface area (Å²) >= 11 is 0. The van der Waals surface area contributed by atoms with Gasteiger partial charge in [-0.3, -0.25) is 4.90 Å². The van der Waals surface area contributed by atoms with Crippen LogP contribution in [0.2, 0.25) is 0 Å². The number of benzene rings is 1. The van der Waals surface area contributed by atoms with Gasteiger partial charge in [-0.25, -0.2) is 4.39 Å². The Morgan fingerprint density at radius 3 is 2.53 bits per heavy atom. The highest BCUT2D eigenvalue weighted by Crippen LogP contribution is 2.23. The van der Waals surface area contributed by atoms with Crippen molar-refractivity contribution in [2.24, 2.45) is 0 Å². The van der Waals surface area contributed by atoms with Crippen molar-refractivity contribution in [3.8, 4) is 0 Å². The van der Waals surface area contributed by atoms with Crippen molar-refractivity contribution < 1.29 is 4.39 Å². The van der Waals surface area contributed by atoms with Gasteiger partial charge in [-0.1, -0.05) is 32.0 Å². The lowest BCUT2D eigenvalue weighted by atomic mass is 10.0. The molecule has 0 aromatic heterocycles. The summed E-state index contributed by atoms with van der Waals surface area (Å²) in [6, 6.07) is 7.58. The lowest BCUT2D eigenvalue weighted by Gasteiger charge is -2.33. The molecule has 2 atom stereocenters. The van der Waals surface area contributed by atoms with Gasteiger partial charge in [-0.15, -0.1) is 0 Å². The number of nitrogens with zero attached hydrogens (tertiary/aromatic N) is 1. The van der Waals surface area contributed by atoms with Gasteiger partial charge in [0.15, 0.2) is 0 Å². The lowest BCUT2D eigenvalue weighted by Crippen LogP contribution is -2.41. The Labute approximate surface area is 117 Å². The molecule has 1 aromatic carbocycles. The number of nitrogens with one attached hydrogen (secondary N) is 1. The minimum atomic E-state index is -0.113. The van der Waals surface area contributed by atoms with Gasteiger partial charge in [0.2, 0.25) is 0 Å². The molecule has 2 nitrogen and oxygen atoms in total. The van der Waals surface area contributed by atoms with Crippen LogP contribution in [0, 0.1) is 5.82 Å². The molecule has 108 valence electrons. The molecular weight excluding hydrogens is 239 g/mol. The molecule has 0 bridgehead atoms. The van der Waals surface area contributed by atoms with Crippen molar-refractivity contribution >= 4 is 0 Å². The predicted molar refractivity (Wildman–Crippen MR) is 79.8 cm³/mol. The number of hydrogen-bond acceptors (Lipinski definition) is 2. The molecule has 1 aromatic rings. The summed E-state index contributed by atoms with van der Waals surface area (Å²) in [5, 5.41) is 3.45. The zero-order chi connectivity index (χ0) is 14.3. The second kappa shape index (κ2) is 8.28. The van der Waals surface area contributed by atoms with Crippen LogP contribution in [0.3, 0.4) is 0 Å². The predicted octanol–water partition coefficient (Wildman–Crippen LogP) is 3.60. The standard InChI is InChI=1S/C16H27FN2/c1-5-11-18-12-14(6-2)19(4)13(3)15-9-7-8-10-16(15)17/h7-10,13-14,18H,5-6,11-12H2,1-4H3. The summed E-state index contributed by atoms with van der Waals surface area (Å²) in [7, 11) is 2.08. The zero-order valence-corrected chi connectivity index (χ0v) is 12.6. The van der Waals surface area contributed by atoms with Gasteiger partial charge < -0.3 is 5.32 Å². The van der Waals surface area contributed by atoms with Gasteiger partial charge in [0.05, 0.1) is 0 Å². The third kappa shape index (κ3) is 4.59. The Morgan fingerprint density at radius 1 is 1.26 bits per heavy atom. The Hall–Kier alpha value is -0.930. The second-order valence-electron chi connectivity index (χ2n) is 5.13. The number of halogens is 1. The Balaban J connectivity index is 2.68. The average Bonchev–Trinajstić information content (AvgIpc) is 2.43. The smallest absolute Gasteiger partial charge is 0.127 e. The van der Waals surface area contributed by atoms with E-state index in [1.54, 1.807) is 6.07 Å². The first-order chi connectivity index (χ1) is 9.11. The van der Waals surface area contributed by atoms with E-state index < -0.39 is 0 Å². The molecule has 2 unspecified atom stereocenters. The van der Waals surface area contributed by atoms with E-state index in [2.05, 4.69) is 38.0 Å². The lowest BCUT2D eigenvalue weighted by molar-refractivity contribution is 0.173. The molecular formula is C16H27FN2. The summed E-state index contributed by atoms with van der Waals surface area (Å²) in [4.78, 5) is 2.26. The molecule has 3 heteroatoms. The van der Waals surface area contributed by atoms with Crippen molar-refractivity contribution in [2.45, 2.75) is 45.7 Å². The quantitative estimate of drug-likeness (QED) is 0.723. The summed E-state index contributed by atoms with van der Waals surface area (Å²) in [6.45, 7) is 8.42. The van der Waals surface area contributed by atoms with Crippen LogP contribution in [0.1, 0.15) is 45.2 Å². The maximum Gasteiger partial charge on any atom is 0.127 e. The second-order valence-corrected chi connectivity index (χ2v) is 5.13. The van der Waals surface area contributed by atoms with Crippen LogP contribution in [0.4, 0.5) is 4.39 Å². The summed E-state index contributed by atoms with van der Waals surface area (Å²) in [5.74, 6) is -0.113. The van der Waals surface area contributed by atoms with Crippen LogP contribution in [0.25, 0.3) is 0 Å². The van der Waals surface area contributed by atoms with Gasteiger partial charge in [0, 0.05) is 24.2 Å². The zero-order valence-electron chi connectivity index (χ0n) is 12.6. The minimum Gasteiger partial charge on any atom is -0.315 e. The fourth-order valence-electron chi connectivity index (χ4n) is 2.37. The van der Waals surface area contributed by atoms with E-state index in [9.17, 15) is 4.39 Å². The van der Waals surface area contributed by atoms with E-state index in [-0.39, 0.29) is 11.9 Å². The molecule has 0 saturated heterocycles. The first-order valence-corrected chi connectivity index (χ1v) is 7.28. The molecule has 0 saturated carbocycles. The Kier molecular flexibility index (Phi) is 7.03. The van der Waals surface area contributed by atoms with Crippen LogP contribution in [0.5, 0.6) is 0 Å². The molecule has 19 heavy (non-hydrogen) atoms. The molecule has 0 spiro atoms. The normalized spacial score (nSPS) is 14.6. The molecule has 0 fully saturated rings. The molecule has 0 radical (unpaired) electrons. The van der Waals surface area contributed by atoms with E-state index in [0.29, 0.717) is 6.04 Å². The van der Waals surface area contributed by atoms with Crippen molar-refractivity contribution in [2.75, 3.05) is 20.1 Å². The molecule has 0 heterocycles. The van der Waals surface area contributed by atoms with Crippen molar-refractivity contribution in [1.82, 2.24) is 10.2 Å². The van der Waals surface area contributed by atoms with Gasteiger partial charge in [0.1, 0.15) is 5.82 Å². The topological polar surface area (TPSA) is 15.3 Å². The van der Waals surface area contributed by atoms with Crippen molar-refractivity contribution in [3.05, 3.63) is 35.6 Å². The van der Waals surface area contributed by atoms with E-state index in [4.69, 9.17) is 0 Å². The summed E-state index contributed by atoms with van der Waals surface area (Å²) in [5.41, 5.74) is 0.777.